The number of nitrogens with zero attached hydrogens (tertiary/aromatic N) is 2. The highest BCUT2D eigenvalue weighted by Gasteiger charge is 2.19. The van der Waals surface area contributed by atoms with Crippen LogP contribution in [0, 0.1) is 0 Å². The Hall–Kier alpha value is -8.28. The molecule has 2 nitrogen and oxygen atoms in total. The van der Waals surface area contributed by atoms with E-state index in [1.165, 1.54) is 129 Å². The predicted molar refractivity (Wildman–Crippen MR) is 293 cm³/mol. The largest absolute Gasteiger partial charge is 0.309 e. The third-order valence-corrected chi connectivity index (χ3v) is 16.2. The van der Waals surface area contributed by atoms with Crippen LogP contribution in [-0.2, 0) is 0 Å². The molecule has 14 aromatic rings. The predicted octanol–water partition coefficient (Wildman–Crippen LogP) is 18.6. The Balaban J connectivity index is 0.751. The molecule has 4 heteroatoms. The molecule has 0 radical (unpaired) electrons. The molecule has 14 rings (SSSR count). The molecule has 0 unspecified atom stereocenters. The highest BCUT2D eigenvalue weighted by Crippen LogP contribution is 2.44. The van der Waals surface area contributed by atoms with Gasteiger partial charge in [0, 0.05) is 63.6 Å². The number of hydrogen-bond donors (Lipinski definition) is 0. The van der Waals surface area contributed by atoms with E-state index in [0.29, 0.717) is 0 Å². The summed E-state index contributed by atoms with van der Waals surface area (Å²) in [5.41, 5.74) is 14.7. The van der Waals surface area contributed by atoms with Crippen LogP contribution in [0.2, 0.25) is 0 Å². The van der Waals surface area contributed by atoms with Crippen molar-refractivity contribution in [1.82, 2.24) is 9.13 Å². The van der Waals surface area contributed by atoms with Crippen molar-refractivity contribution in [3.63, 3.8) is 0 Å². The van der Waals surface area contributed by atoms with Gasteiger partial charge in [-0.2, -0.15) is 0 Å². The Morgan fingerprint density at radius 3 is 1.04 bits per heavy atom. The van der Waals surface area contributed by atoms with Crippen molar-refractivity contribution in [2.24, 2.45) is 0 Å². The van der Waals surface area contributed by atoms with Gasteiger partial charge in [-0.15, -0.1) is 22.7 Å². The first-order valence-corrected chi connectivity index (χ1v) is 24.8. The zero-order valence-corrected chi connectivity index (χ0v) is 38.4. The Morgan fingerprint density at radius 1 is 0.250 bits per heavy atom. The van der Waals surface area contributed by atoms with Crippen LogP contribution < -0.4 is 0 Å². The van der Waals surface area contributed by atoms with Crippen molar-refractivity contribution >= 4 is 87.8 Å². The Morgan fingerprint density at radius 2 is 0.603 bits per heavy atom. The molecule has 0 aliphatic carbocycles. The maximum absolute atomic E-state index is 2.42. The minimum Gasteiger partial charge on any atom is -0.309 e. The van der Waals surface area contributed by atoms with Gasteiger partial charge in [-0.25, -0.2) is 0 Å². The number of thiophene rings is 2. The topological polar surface area (TPSA) is 9.86 Å². The maximum atomic E-state index is 2.42. The molecule has 0 amide bonds. The molecule has 0 N–H and O–H groups in total. The highest BCUT2D eigenvalue weighted by molar-refractivity contribution is 7.25. The van der Waals surface area contributed by atoms with Crippen molar-refractivity contribution in [3.05, 3.63) is 243 Å². The van der Waals surface area contributed by atoms with Crippen LogP contribution in [0.1, 0.15) is 0 Å². The van der Waals surface area contributed by atoms with Crippen LogP contribution in [0.5, 0.6) is 0 Å². The first kappa shape index (κ1) is 38.9. The van der Waals surface area contributed by atoms with Gasteiger partial charge in [0.2, 0.25) is 0 Å². The number of para-hydroxylation sites is 6. The van der Waals surface area contributed by atoms with Gasteiger partial charge in [-0.1, -0.05) is 158 Å². The summed E-state index contributed by atoms with van der Waals surface area (Å²) >= 11 is 3.74. The van der Waals surface area contributed by atoms with Gasteiger partial charge < -0.3 is 9.13 Å². The van der Waals surface area contributed by atoms with Gasteiger partial charge in [0.1, 0.15) is 0 Å². The molecule has 0 bridgehead atoms. The van der Waals surface area contributed by atoms with Gasteiger partial charge in [-0.05, 0) is 129 Å². The van der Waals surface area contributed by atoms with E-state index in [1.807, 2.05) is 22.7 Å². The summed E-state index contributed by atoms with van der Waals surface area (Å²) in [7, 11) is 0. The van der Waals surface area contributed by atoms with Crippen LogP contribution >= 0.6 is 22.7 Å². The summed E-state index contributed by atoms with van der Waals surface area (Å²) in [6, 6.07) is 89.3. The lowest BCUT2D eigenvalue weighted by atomic mass is 9.98. The minimum absolute atomic E-state index is 1.17. The second-order valence-electron chi connectivity index (χ2n) is 17.7. The minimum atomic E-state index is 1.17. The molecule has 68 heavy (non-hydrogen) atoms. The molecule has 4 aromatic heterocycles. The lowest BCUT2D eigenvalue weighted by molar-refractivity contribution is 1.18. The summed E-state index contributed by atoms with van der Waals surface area (Å²) in [6.45, 7) is 0. The number of fused-ring (bicyclic) bond motifs is 8. The molecular weight excluding hydrogens is 861 g/mol. The van der Waals surface area contributed by atoms with Crippen molar-refractivity contribution in [2.45, 2.75) is 0 Å². The maximum Gasteiger partial charge on any atom is 0.0619 e. The Kier molecular flexibility index (Phi) is 8.98. The number of aromatic nitrogens is 2. The quantitative estimate of drug-likeness (QED) is 0.151. The van der Waals surface area contributed by atoms with Crippen molar-refractivity contribution in [2.75, 3.05) is 0 Å². The Labute approximate surface area is 401 Å². The summed E-state index contributed by atoms with van der Waals surface area (Å²) in [5, 5.41) is 10.0. The van der Waals surface area contributed by atoms with Crippen molar-refractivity contribution in [1.29, 1.82) is 0 Å². The van der Waals surface area contributed by atoms with E-state index >= 15 is 0 Å². The summed E-state index contributed by atoms with van der Waals surface area (Å²) in [4.78, 5) is 5.14. The summed E-state index contributed by atoms with van der Waals surface area (Å²) < 4.78 is 4.84. The van der Waals surface area contributed by atoms with Crippen LogP contribution in [0.25, 0.3) is 129 Å². The monoisotopic (exact) mass is 900 g/mol. The third-order valence-electron chi connectivity index (χ3n) is 13.7. The van der Waals surface area contributed by atoms with Crippen LogP contribution in [0.3, 0.4) is 0 Å². The number of benzene rings is 10. The van der Waals surface area contributed by atoms with E-state index in [4.69, 9.17) is 0 Å². The van der Waals surface area contributed by atoms with Gasteiger partial charge in [0.15, 0.2) is 0 Å². The van der Waals surface area contributed by atoms with E-state index < -0.39 is 0 Å². The van der Waals surface area contributed by atoms with Crippen molar-refractivity contribution < 1.29 is 0 Å². The fourth-order valence-electron chi connectivity index (χ4n) is 10.6. The fourth-order valence-corrected chi connectivity index (χ4v) is 12.7. The zero-order chi connectivity index (χ0) is 44.7. The van der Waals surface area contributed by atoms with E-state index in [0.717, 1.165) is 0 Å². The van der Waals surface area contributed by atoms with Crippen LogP contribution in [-0.4, -0.2) is 9.13 Å². The first-order chi connectivity index (χ1) is 33.7. The van der Waals surface area contributed by atoms with Crippen LogP contribution in [0.15, 0.2) is 243 Å². The second kappa shape index (κ2) is 15.7. The summed E-state index contributed by atoms with van der Waals surface area (Å²) in [5.74, 6) is 0. The lowest BCUT2D eigenvalue weighted by Gasteiger charge is -2.12. The van der Waals surface area contributed by atoms with E-state index in [9.17, 15) is 0 Å². The Bertz CT molecular complexity index is 3980. The molecular formula is C64H40N2S2. The SMILES string of the molecule is c1ccc(-n2c3ccccc3c3cccc(-c4ccc5cc(-c6ccc(-c7ccc(-c8ccc9cc(-c%10cccc%11c%12ccccc%12n(-c%12ccccc%12)c%10%11)ccc9c8)s7)s6)ccc5c4)c32)cc1. The standard InChI is InChI=1S/C64H40N2S2/c1-3-13-49(14-4-1)65-57-23-9-7-17-53(57)55-21-11-19-51(63(55)65)45-29-25-43-39-47(31-27-41(43)37-45)59-33-35-61(67-59)62-36-34-60(68-62)48-32-28-42-38-46(30-26-44(42)40-48)52-20-12-22-56-54-18-8-10-24-58(54)66(64(52)56)50-15-5-2-6-16-50/h1-40H. The van der Waals surface area contributed by atoms with Crippen LogP contribution in [0.4, 0.5) is 0 Å². The van der Waals surface area contributed by atoms with Gasteiger partial charge in [0.05, 0.1) is 22.1 Å². The molecule has 0 spiro atoms. The second-order valence-corrected chi connectivity index (χ2v) is 19.8. The first-order valence-electron chi connectivity index (χ1n) is 23.1. The van der Waals surface area contributed by atoms with Crippen molar-refractivity contribution in [3.8, 4) is 64.3 Å². The van der Waals surface area contributed by atoms with E-state index in [1.54, 1.807) is 0 Å². The molecule has 318 valence electrons. The van der Waals surface area contributed by atoms with E-state index in [-0.39, 0.29) is 0 Å². The molecule has 4 heterocycles. The number of rotatable bonds is 7. The molecule has 0 aliphatic rings. The van der Waals surface area contributed by atoms with Gasteiger partial charge >= 0.3 is 0 Å². The molecule has 0 aliphatic heterocycles. The van der Waals surface area contributed by atoms with E-state index in [2.05, 4.69) is 252 Å². The van der Waals surface area contributed by atoms with Gasteiger partial charge in [0.25, 0.3) is 0 Å². The molecule has 0 fully saturated rings. The molecule has 0 atom stereocenters. The summed E-state index contributed by atoms with van der Waals surface area (Å²) in [6.07, 6.45) is 0. The number of hydrogen-bond acceptors (Lipinski definition) is 2. The zero-order valence-electron chi connectivity index (χ0n) is 36.8. The average Bonchev–Trinajstić information content (AvgIpc) is 4.23. The normalized spacial score (nSPS) is 11.8. The highest BCUT2D eigenvalue weighted by atomic mass is 32.1. The third kappa shape index (κ3) is 6.30. The molecule has 0 saturated heterocycles. The average molecular weight is 901 g/mol. The van der Waals surface area contributed by atoms with Gasteiger partial charge in [-0.3, -0.25) is 0 Å². The molecule has 0 saturated carbocycles. The smallest absolute Gasteiger partial charge is 0.0619 e. The fraction of sp³-hybridized carbons (Fsp3) is 0. The lowest BCUT2D eigenvalue weighted by Crippen LogP contribution is -1.95. The molecule has 10 aromatic carbocycles.